The number of hydrogen-bond donors (Lipinski definition) is 0. The van der Waals surface area contributed by atoms with Gasteiger partial charge in [0.15, 0.2) is 0 Å². The van der Waals surface area contributed by atoms with Crippen molar-refractivity contribution in [2.24, 2.45) is 0 Å². The molecule has 1 aromatic rings. The van der Waals surface area contributed by atoms with Gasteiger partial charge in [-0.3, -0.25) is 0 Å². The van der Waals surface area contributed by atoms with Gasteiger partial charge in [0.25, 0.3) is 0 Å². The fraction of sp³-hybridized carbons (Fsp3) is 0.364. The van der Waals surface area contributed by atoms with Crippen LogP contribution in [0.2, 0.25) is 0 Å². The molecule has 0 aromatic heterocycles. The maximum Gasteiger partial charge on any atom is 0.438 e. The molecule has 0 N–H and O–H groups in total. The molecule has 0 aliphatic heterocycles. The Kier molecular flexibility index (Phi) is 5.82. The number of benzene rings is 1. The van der Waals surface area contributed by atoms with Gasteiger partial charge < -0.3 is 9.29 Å². The Morgan fingerprint density at radius 3 is 1.79 bits per heavy atom. The van der Waals surface area contributed by atoms with Crippen LogP contribution in [0, 0.1) is 3.57 Å². The van der Waals surface area contributed by atoms with Crippen LogP contribution in [0.4, 0.5) is 26.3 Å². The molecule has 136 valence electrons. The number of rotatable bonds is 4. The fourth-order valence-corrected chi connectivity index (χ4v) is 2.77. The Bertz CT molecular complexity index is 696. The molecule has 0 fully saturated rings. The molecule has 0 saturated carbocycles. The average Bonchev–Trinajstić information content (AvgIpc) is 2.34. The van der Waals surface area contributed by atoms with Gasteiger partial charge in [-0.15, -0.1) is 0 Å². The van der Waals surface area contributed by atoms with Crippen LogP contribution in [-0.4, -0.2) is 42.6 Å². The van der Waals surface area contributed by atoms with E-state index in [1.807, 2.05) is 0 Å². The number of ether oxygens (including phenoxy) is 1. The Hall–Kier alpha value is -1.09. The van der Waals surface area contributed by atoms with E-state index in [9.17, 15) is 44.1 Å². The molecule has 0 unspecified atom stereocenters. The van der Waals surface area contributed by atoms with Crippen molar-refractivity contribution in [2.45, 2.75) is 18.0 Å². The predicted octanol–water partition coefficient (Wildman–Crippen LogP) is 2.86. The molecule has 24 heavy (non-hydrogen) atoms. The first-order valence-electron chi connectivity index (χ1n) is 5.65. The minimum atomic E-state index is -6.39. The zero-order valence-corrected chi connectivity index (χ0v) is 14.1. The van der Waals surface area contributed by atoms with E-state index in [4.69, 9.17) is 0 Å². The second kappa shape index (κ2) is 6.67. The third-order valence-electron chi connectivity index (χ3n) is 2.64. The molecule has 0 radical (unpaired) electrons. The van der Waals surface area contributed by atoms with Crippen LogP contribution in [0.3, 0.4) is 0 Å². The van der Waals surface area contributed by atoms with Gasteiger partial charge in [0.05, 0.1) is 21.4 Å². The van der Waals surface area contributed by atoms with Gasteiger partial charge >= 0.3 is 23.9 Å². The van der Waals surface area contributed by atoms with E-state index in [1.54, 1.807) is 22.6 Å². The first kappa shape index (κ1) is 21.0. The number of alkyl halides is 6. The molecule has 0 aliphatic carbocycles. The Morgan fingerprint density at radius 2 is 1.46 bits per heavy atom. The van der Waals surface area contributed by atoms with Crippen molar-refractivity contribution < 1.29 is 48.8 Å². The lowest BCUT2D eigenvalue weighted by atomic mass is 10.1. The summed E-state index contributed by atoms with van der Waals surface area (Å²) in [6.45, 7) is 0. The zero-order chi connectivity index (χ0) is 19.0. The molecular weight excluding hydrogens is 485 g/mol. The SMILES string of the molecule is O=C(OC(CS(=O)(=O)[O-])(C(F)(F)F)C(F)(F)F)c1ccc(I)cc1. The molecule has 0 heterocycles. The topological polar surface area (TPSA) is 83.5 Å². The minimum Gasteiger partial charge on any atom is -0.748 e. The molecule has 0 spiro atoms. The Balaban J connectivity index is 3.42. The molecular formula is C11H6F6IO5S-. The highest BCUT2D eigenvalue weighted by atomic mass is 127. The van der Waals surface area contributed by atoms with E-state index in [-0.39, 0.29) is 0 Å². The third-order valence-corrected chi connectivity index (χ3v) is 4.12. The summed E-state index contributed by atoms with van der Waals surface area (Å²) in [5.41, 5.74) is -6.16. The van der Waals surface area contributed by atoms with Crippen molar-refractivity contribution in [1.29, 1.82) is 0 Å². The summed E-state index contributed by atoms with van der Waals surface area (Å²) >= 11 is 1.76. The molecule has 0 bridgehead atoms. The van der Waals surface area contributed by atoms with Gasteiger partial charge in [0, 0.05) is 3.57 Å². The zero-order valence-electron chi connectivity index (χ0n) is 11.1. The van der Waals surface area contributed by atoms with Crippen LogP contribution in [0.25, 0.3) is 0 Å². The number of esters is 1. The number of carbonyl (C=O) groups excluding carboxylic acids is 1. The van der Waals surface area contributed by atoms with Crippen molar-refractivity contribution in [3.05, 3.63) is 33.4 Å². The van der Waals surface area contributed by atoms with Crippen molar-refractivity contribution in [1.82, 2.24) is 0 Å². The van der Waals surface area contributed by atoms with Crippen LogP contribution in [-0.2, 0) is 14.9 Å². The first-order valence-corrected chi connectivity index (χ1v) is 8.30. The largest absolute Gasteiger partial charge is 0.748 e. The quantitative estimate of drug-likeness (QED) is 0.280. The third kappa shape index (κ3) is 4.72. The highest BCUT2D eigenvalue weighted by molar-refractivity contribution is 14.1. The van der Waals surface area contributed by atoms with Crippen LogP contribution < -0.4 is 0 Å². The van der Waals surface area contributed by atoms with Gasteiger partial charge in [-0.1, -0.05) is 0 Å². The molecule has 0 atom stereocenters. The lowest BCUT2D eigenvalue weighted by Gasteiger charge is -2.36. The smallest absolute Gasteiger partial charge is 0.438 e. The van der Waals surface area contributed by atoms with Crippen LogP contribution >= 0.6 is 22.6 Å². The summed E-state index contributed by atoms with van der Waals surface area (Å²) in [6.07, 6.45) is -12.8. The van der Waals surface area contributed by atoms with E-state index >= 15 is 0 Å². The number of carbonyl (C=O) groups is 1. The van der Waals surface area contributed by atoms with E-state index < -0.39 is 45.4 Å². The summed E-state index contributed by atoms with van der Waals surface area (Å²) in [4.78, 5) is 11.6. The second-order valence-corrected chi connectivity index (χ2v) is 7.07. The van der Waals surface area contributed by atoms with Gasteiger partial charge in [-0.25, -0.2) is 13.2 Å². The van der Waals surface area contributed by atoms with Gasteiger partial charge in [0.1, 0.15) is 0 Å². The monoisotopic (exact) mass is 491 g/mol. The lowest BCUT2D eigenvalue weighted by molar-refractivity contribution is -0.356. The maximum atomic E-state index is 12.9. The van der Waals surface area contributed by atoms with Crippen molar-refractivity contribution in [3.8, 4) is 0 Å². The lowest BCUT2D eigenvalue weighted by Crippen LogP contribution is -2.63. The first-order chi connectivity index (χ1) is 10.6. The second-order valence-electron chi connectivity index (χ2n) is 4.42. The number of hydrogen-bond acceptors (Lipinski definition) is 5. The molecule has 0 amide bonds. The summed E-state index contributed by atoms with van der Waals surface area (Å²) in [6, 6.07) is 4.16. The highest BCUT2D eigenvalue weighted by Crippen LogP contribution is 2.47. The summed E-state index contributed by atoms with van der Waals surface area (Å²) in [7, 11) is -6.05. The van der Waals surface area contributed by atoms with Gasteiger partial charge in [-0.2, -0.15) is 26.3 Å². The molecule has 13 heteroatoms. The molecule has 1 aromatic carbocycles. The normalized spacial score (nSPS) is 13.7. The van der Waals surface area contributed by atoms with Crippen LogP contribution in [0.15, 0.2) is 24.3 Å². The van der Waals surface area contributed by atoms with Crippen LogP contribution in [0.5, 0.6) is 0 Å². The maximum absolute atomic E-state index is 12.9. The molecule has 0 aliphatic rings. The van der Waals surface area contributed by atoms with Crippen molar-refractivity contribution >= 4 is 38.7 Å². The molecule has 0 saturated heterocycles. The summed E-state index contributed by atoms with van der Waals surface area (Å²) in [5, 5.41) is 0. The van der Waals surface area contributed by atoms with Crippen molar-refractivity contribution in [3.63, 3.8) is 0 Å². The van der Waals surface area contributed by atoms with E-state index in [2.05, 4.69) is 4.74 Å². The number of halogens is 7. The van der Waals surface area contributed by atoms with Gasteiger partial charge in [-0.05, 0) is 46.9 Å². The molecule has 1 rings (SSSR count). The molecule has 5 nitrogen and oxygen atoms in total. The van der Waals surface area contributed by atoms with Crippen LogP contribution in [0.1, 0.15) is 10.4 Å². The highest BCUT2D eigenvalue weighted by Gasteiger charge is 2.75. The van der Waals surface area contributed by atoms with Gasteiger partial charge in [0.2, 0.25) is 0 Å². The predicted molar refractivity (Wildman–Crippen MR) is 74.0 cm³/mol. The van der Waals surface area contributed by atoms with E-state index in [1.165, 1.54) is 12.1 Å². The summed E-state index contributed by atoms with van der Waals surface area (Å²) < 4.78 is 113. The Morgan fingerprint density at radius 1 is 1.04 bits per heavy atom. The van der Waals surface area contributed by atoms with E-state index in [0.29, 0.717) is 3.57 Å². The van der Waals surface area contributed by atoms with E-state index in [0.717, 1.165) is 12.1 Å². The minimum absolute atomic E-state index is 0.518. The fourth-order valence-electron chi connectivity index (χ4n) is 1.52. The standard InChI is InChI=1S/C11H7F6IO5S/c12-10(13,14)9(11(15,16)17,5-24(20,21)22)23-8(19)6-1-3-7(18)4-2-6/h1-4H,5H2,(H,20,21,22)/p-1. The summed E-state index contributed by atoms with van der Waals surface area (Å²) in [5.74, 6) is -5.10. The average molecular weight is 491 g/mol. The Labute approximate surface area is 144 Å². The van der Waals surface area contributed by atoms with Crippen molar-refractivity contribution in [2.75, 3.05) is 5.75 Å².